The first-order valence-corrected chi connectivity index (χ1v) is 11.9. The largest absolute Gasteiger partial charge is 0.481 e. The van der Waals surface area contributed by atoms with Crippen molar-refractivity contribution in [3.63, 3.8) is 0 Å². The highest BCUT2D eigenvalue weighted by Gasteiger charge is 2.53. The van der Waals surface area contributed by atoms with Gasteiger partial charge >= 0.3 is 5.97 Å². The van der Waals surface area contributed by atoms with E-state index in [-0.39, 0.29) is 30.4 Å². The molecule has 0 aromatic heterocycles. The molecule has 1 aliphatic heterocycles. The van der Waals surface area contributed by atoms with Gasteiger partial charge in [-0.2, -0.15) is 0 Å². The van der Waals surface area contributed by atoms with Crippen molar-refractivity contribution in [1.82, 2.24) is 4.90 Å². The van der Waals surface area contributed by atoms with Crippen molar-refractivity contribution >= 4 is 40.9 Å². The van der Waals surface area contributed by atoms with Gasteiger partial charge in [-0.15, -0.1) is 0 Å². The van der Waals surface area contributed by atoms with Crippen LogP contribution in [0.1, 0.15) is 69.5 Å². The molecule has 3 rings (SSSR count). The Bertz CT molecular complexity index is 1040. The summed E-state index contributed by atoms with van der Waals surface area (Å²) in [6, 6.07) is 13.6. The molecule has 1 aliphatic rings. The number of rotatable bonds is 8. The lowest BCUT2D eigenvalue weighted by Gasteiger charge is -2.51. The van der Waals surface area contributed by atoms with Crippen LogP contribution in [0.15, 0.2) is 48.5 Å². The molecule has 0 aliphatic carbocycles. The van der Waals surface area contributed by atoms with E-state index in [1.54, 1.807) is 36.9 Å². The van der Waals surface area contributed by atoms with Crippen LogP contribution in [-0.2, 0) is 14.4 Å². The number of carbonyl (C=O) groups is 3. The van der Waals surface area contributed by atoms with Crippen LogP contribution in [0.5, 0.6) is 0 Å². The smallest absolute Gasteiger partial charge is 0.304 e. The average Bonchev–Trinajstić information content (AvgIpc) is 2.77. The molecule has 4 atom stereocenters. The molecule has 0 saturated carbocycles. The summed E-state index contributed by atoms with van der Waals surface area (Å²) in [5.41, 5.74) is 0.580. The Labute approximate surface area is 204 Å². The Balaban J connectivity index is 2.27. The number of aliphatic carboxylic acids is 1. The molecular formula is C26H29Cl2NO4. The minimum Gasteiger partial charge on any atom is -0.481 e. The fraction of sp³-hybridized carbons (Fsp3) is 0.423. The van der Waals surface area contributed by atoms with Gasteiger partial charge in [0.05, 0.1) is 23.9 Å². The number of piperidine rings is 1. The number of carboxylic acids is 1. The number of ketones is 1. The lowest BCUT2D eigenvalue weighted by Crippen LogP contribution is -2.57. The van der Waals surface area contributed by atoms with E-state index in [0.29, 0.717) is 22.9 Å². The zero-order valence-corrected chi connectivity index (χ0v) is 20.6. The number of halogens is 2. The van der Waals surface area contributed by atoms with E-state index >= 15 is 0 Å². The van der Waals surface area contributed by atoms with Gasteiger partial charge in [-0.3, -0.25) is 14.4 Å². The third kappa shape index (κ3) is 5.25. The molecular weight excluding hydrogens is 461 g/mol. The highest BCUT2D eigenvalue weighted by Crippen LogP contribution is 2.52. The van der Waals surface area contributed by atoms with Gasteiger partial charge in [0.15, 0.2) is 5.78 Å². The average molecular weight is 490 g/mol. The van der Waals surface area contributed by atoms with Gasteiger partial charge in [0, 0.05) is 22.4 Å². The number of hydrogen-bond donors (Lipinski definition) is 1. The lowest BCUT2D eigenvalue weighted by atomic mass is 9.67. The van der Waals surface area contributed by atoms with Crippen molar-refractivity contribution in [3.8, 4) is 0 Å². The Morgan fingerprint density at radius 3 is 2.30 bits per heavy atom. The van der Waals surface area contributed by atoms with E-state index in [0.717, 1.165) is 11.1 Å². The number of benzene rings is 2. The van der Waals surface area contributed by atoms with E-state index in [1.807, 2.05) is 37.3 Å². The molecule has 7 heteroatoms. The number of Topliss-reactive ketones (excluding diaryl/α,β-unsaturated/α-hetero) is 1. The van der Waals surface area contributed by atoms with E-state index in [4.69, 9.17) is 23.2 Å². The minimum atomic E-state index is -1.16. The van der Waals surface area contributed by atoms with Crippen LogP contribution in [-0.4, -0.2) is 33.7 Å². The minimum absolute atomic E-state index is 0.0470. The van der Waals surface area contributed by atoms with Crippen LogP contribution >= 0.6 is 23.2 Å². The first-order chi connectivity index (χ1) is 15.6. The van der Waals surface area contributed by atoms with E-state index < -0.39 is 23.5 Å². The van der Waals surface area contributed by atoms with Crippen LogP contribution in [0.4, 0.5) is 0 Å². The van der Waals surface area contributed by atoms with E-state index in [2.05, 4.69) is 0 Å². The molecule has 5 nitrogen and oxygen atoms in total. The van der Waals surface area contributed by atoms with E-state index in [9.17, 15) is 19.5 Å². The van der Waals surface area contributed by atoms with Gasteiger partial charge < -0.3 is 10.0 Å². The van der Waals surface area contributed by atoms with Gasteiger partial charge in [0.2, 0.25) is 5.91 Å². The normalized spacial score (nSPS) is 23.9. The summed E-state index contributed by atoms with van der Waals surface area (Å²) in [6.07, 6.45) is 0.726. The van der Waals surface area contributed by atoms with Gasteiger partial charge in [-0.25, -0.2) is 0 Å². The molecule has 2 aromatic carbocycles. The van der Waals surface area contributed by atoms with Crippen LogP contribution in [0.25, 0.3) is 0 Å². The zero-order valence-electron chi connectivity index (χ0n) is 19.1. The maximum Gasteiger partial charge on any atom is 0.304 e. The number of carboxylic acid groups (broad SMARTS) is 1. The van der Waals surface area contributed by atoms with Crippen LogP contribution in [0, 0.1) is 5.41 Å². The first kappa shape index (κ1) is 25.3. The van der Waals surface area contributed by atoms with Crippen LogP contribution < -0.4 is 0 Å². The molecule has 0 spiro atoms. The number of hydrogen-bond acceptors (Lipinski definition) is 3. The predicted molar refractivity (Wildman–Crippen MR) is 130 cm³/mol. The molecule has 33 heavy (non-hydrogen) atoms. The monoisotopic (exact) mass is 489 g/mol. The Hall–Kier alpha value is -2.37. The molecule has 176 valence electrons. The third-order valence-electron chi connectivity index (χ3n) is 6.57. The van der Waals surface area contributed by atoms with Crippen molar-refractivity contribution in [2.24, 2.45) is 5.41 Å². The highest BCUT2D eigenvalue weighted by molar-refractivity contribution is 6.30. The zero-order chi connectivity index (χ0) is 24.3. The van der Waals surface area contributed by atoms with Gasteiger partial charge in [-0.1, -0.05) is 68.2 Å². The SMILES string of the molecule is CCC(=O)[C@H](CC)N1C(=O)[C@](C)(CC(=O)O)C[C@H](c2cccc(Cl)c2)[C@H]1c1ccc(Cl)cc1. The summed E-state index contributed by atoms with van der Waals surface area (Å²) in [6.45, 7) is 5.35. The van der Waals surface area contributed by atoms with Gasteiger partial charge in [0.25, 0.3) is 0 Å². The van der Waals surface area contributed by atoms with Gasteiger partial charge in [-0.05, 0) is 48.2 Å². The lowest BCUT2D eigenvalue weighted by molar-refractivity contribution is -0.162. The summed E-state index contributed by atoms with van der Waals surface area (Å²) in [4.78, 5) is 40.4. The quantitative estimate of drug-likeness (QED) is 0.472. The summed E-state index contributed by atoms with van der Waals surface area (Å²) in [5, 5.41) is 10.8. The standard InChI is InChI=1S/C26H29Cl2NO4/c1-4-21(22(30)5-2)29-24(16-9-11-18(27)12-10-16)20(17-7-6-8-19(28)13-17)14-26(3,25(29)33)15-23(31)32/h6-13,20-21,24H,4-5,14-15H2,1-3H3,(H,31,32)/t20-,21+,24-,26+/m1/s1. The number of likely N-dealkylation sites (tertiary alicyclic amines) is 1. The summed E-state index contributed by atoms with van der Waals surface area (Å²) in [7, 11) is 0. The maximum atomic E-state index is 14.0. The first-order valence-electron chi connectivity index (χ1n) is 11.2. The van der Waals surface area contributed by atoms with Crippen molar-refractivity contribution in [2.45, 2.75) is 64.5 Å². The Morgan fingerprint density at radius 1 is 1.09 bits per heavy atom. The van der Waals surface area contributed by atoms with Crippen molar-refractivity contribution in [3.05, 3.63) is 69.7 Å². The number of nitrogens with zero attached hydrogens (tertiary/aromatic N) is 1. The van der Waals surface area contributed by atoms with Crippen LogP contribution in [0.3, 0.4) is 0 Å². The topological polar surface area (TPSA) is 74.7 Å². The molecule has 0 radical (unpaired) electrons. The Morgan fingerprint density at radius 2 is 1.76 bits per heavy atom. The summed E-state index contributed by atoms with van der Waals surface area (Å²) >= 11 is 12.5. The molecule has 0 unspecified atom stereocenters. The molecule has 1 amide bonds. The molecule has 2 aromatic rings. The molecule has 1 fully saturated rings. The molecule has 1 heterocycles. The molecule has 0 bridgehead atoms. The molecule has 1 N–H and O–H groups in total. The molecule has 1 saturated heterocycles. The second kappa shape index (κ2) is 10.3. The number of carbonyl (C=O) groups excluding carboxylic acids is 2. The highest BCUT2D eigenvalue weighted by atomic mass is 35.5. The van der Waals surface area contributed by atoms with Crippen molar-refractivity contribution < 1.29 is 19.5 Å². The van der Waals surface area contributed by atoms with Crippen molar-refractivity contribution in [1.29, 1.82) is 0 Å². The summed E-state index contributed by atoms with van der Waals surface area (Å²) in [5.74, 6) is -1.66. The predicted octanol–water partition coefficient (Wildman–Crippen LogP) is 6.29. The van der Waals surface area contributed by atoms with Crippen LogP contribution in [0.2, 0.25) is 10.0 Å². The third-order valence-corrected chi connectivity index (χ3v) is 7.06. The second-order valence-corrected chi connectivity index (χ2v) is 9.82. The summed E-state index contributed by atoms with van der Waals surface area (Å²) < 4.78 is 0. The maximum absolute atomic E-state index is 14.0. The van der Waals surface area contributed by atoms with E-state index in [1.165, 1.54) is 0 Å². The Kier molecular flexibility index (Phi) is 7.86. The second-order valence-electron chi connectivity index (χ2n) is 8.95. The number of amides is 1. The fourth-order valence-corrected chi connectivity index (χ4v) is 5.36. The van der Waals surface area contributed by atoms with Crippen molar-refractivity contribution in [2.75, 3.05) is 0 Å². The van der Waals surface area contributed by atoms with Gasteiger partial charge in [0.1, 0.15) is 0 Å². The fourth-order valence-electron chi connectivity index (χ4n) is 5.04.